The fourth-order valence-electron chi connectivity index (χ4n) is 1.41. The lowest BCUT2D eigenvalue weighted by Crippen LogP contribution is -2.10. The minimum atomic E-state index is -4.92. The normalized spacial score (nSPS) is 12.2. The molecule has 2 heterocycles. The van der Waals surface area contributed by atoms with Gasteiger partial charge in [-0.05, 0) is 13.8 Å². The van der Waals surface area contributed by atoms with Crippen molar-refractivity contribution in [2.45, 2.75) is 25.0 Å². The third kappa shape index (κ3) is 2.05. The number of hydrogen-bond donors (Lipinski definition) is 0. The number of halogens is 1. The third-order valence-electron chi connectivity index (χ3n) is 2.06. The maximum Gasteiger partial charge on any atom is 0.368 e. The monoisotopic (exact) mass is 260 g/mol. The van der Waals surface area contributed by atoms with Crippen LogP contribution in [0, 0.1) is 0 Å². The zero-order valence-corrected chi connectivity index (χ0v) is 9.85. The summed E-state index contributed by atoms with van der Waals surface area (Å²) in [4.78, 5) is 3.82. The number of hydrogen-bond acceptors (Lipinski definition) is 6. The highest BCUT2D eigenvalue weighted by molar-refractivity contribution is 7.86. The van der Waals surface area contributed by atoms with Crippen LogP contribution in [0.2, 0.25) is 0 Å². The van der Waals surface area contributed by atoms with Crippen LogP contribution in [-0.2, 0) is 10.2 Å². The van der Waals surface area contributed by atoms with Gasteiger partial charge in [-0.3, -0.25) is 4.57 Å². The standard InChI is InChI=1S/C8H9FN4O3S/c1-5(2)13-7(6-3-16-4-10-6)11-12-8(13)17(9,14)15/h3-5H,1-2H3. The molecular formula is C8H9FN4O3S. The smallest absolute Gasteiger partial charge is 0.368 e. The molecule has 0 atom stereocenters. The van der Waals surface area contributed by atoms with E-state index in [2.05, 4.69) is 15.2 Å². The van der Waals surface area contributed by atoms with Crippen molar-refractivity contribution in [1.29, 1.82) is 0 Å². The molecule has 0 aliphatic rings. The Kier molecular flexibility index (Phi) is 2.69. The Morgan fingerprint density at radius 3 is 2.59 bits per heavy atom. The molecule has 0 amide bonds. The Bertz CT molecular complexity index is 617. The summed E-state index contributed by atoms with van der Waals surface area (Å²) in [7, 11) is -4.92. The Morgan fingerprint density at radius 2 is 2.12 bits per heavy atom. The van der Waals surface area contributed by atoms with Crippen molar-refractivity contribution in [3.05, 3.63) is 12.7 Å². The Labute approximate surface area is 96.5 Å². The first kappa shape index (κ1) is 11.7. The first-order valence-electron chi connectivity index (χ1n) is 4.69. The molecule has 0 fully saturated rings. The number of aromatic nitrogens is 4. The minimum absolute atomic E-state index is 0.143. The van der Waals surface area contributed by atoms with Crippen molar-refractivity contribution in [2.24, 2.45) is 0 Å². The predicted molar refractivity (Wildman–Crippen MR) is 54.2 cm³/mol. The third-order valence-corrected chi connectivity index (χ3v) is 2.77. The molecule has 2 rings (SSSR count). The summed E-state index contributed by atoms with van der Waals surface area (Å²) in [6, 6.07) is -0.336. The first-order valence-corrected chi connectivity index (χ1v) is 6.07. The fraction of sp³-hybridized carbons (Fsp3) is 0.375. The van der Waals surface area contributed by atoms with Gasteiger partial charge in [-0.2, -0.15) is 8.42 Å². The van der Waals surface area contributed by atoms with Crippen LogP contribution in [0.1, 0.15) is 19.9 Å². The van der Waals surface area contributed by atoms with Crippen LogP contribution in [0.3, 0.4) is 0 Å². The first-order chi connectivity index (χ1) is 7.91. The van der Waals surface area contributed by atoms with Crippen molar-refractivity contribution < 1.29 is 16.7 Å². The van der Waals surface area contributed by atoms with Gasteiger partial charge >= 0.3 is 10.2 Å². The second kappa shape index (κ2) is 3.91. The van der Waals surface area contributed by atoms with Gasteiger partial charge in [0.15, 0.2) is 12.2 Å². The van der Waals surface area contributed by atoms with Crippen LogP contribution in [0.4, 0.5) is 3.89 Å². The highest BCUT2D eigenvalue weighted by Gasteiger charge is 2.27. The maximum absolute atomic E-state index is 13.0. The van der Waals surface area contributed by atoms with Gasteiger partial charge in [-0.1, -0.05) is 3.89 Å². The van der Waals surface area contributed by atoms with Crippen LogP contribution >= 0.6 is 0 Å². The lowest BCUT2D eigenvalue weighted by atomic mass is 10.3. The molecule has 2 aromatic rings. The molecule has 0 saturated carbocycles. The molecule has 17 heavy (non-hydrogen) atoms. The van der Waals surface area contributed by atoms with E-state index < -0.39 is 15.4 Å². The quantitative estimate of drug-likeness (QED) is 0.769. The summed E-state index contributed by atoms with van der Waals surface area (Å²) in [5, 5.41) is 6.22. The van der Waals surface area contributed by atoms with E-state index in [9.17, 15) is 12.3 Å². The van der Waals surface area contributed by atoms with Crippen molar-refractivity contribution in [2.75, 3.05) is 0 Å². The molecule has 0 aromatic carbocycles. The molecule has 92 valence electrons. The van der Waals surface area contributed by atoms with E-state index in [0.717, 1.165) is 11.0 Å². The summed E-state index contributed by atoms with van der Waals surface area (Å²) >= 11 is 0. The summed E-state index contributed by atoms with van der Waals surface area (Å²) < 4.78 is 40.7. The SMILES string of the molecule is CC(C)n1c(-c2cocn2)nnc1S(=O)(=O)F. The molecular weight excluding hydrogens is 251 g/mol. The fourth-order valence-corrected chi connectivity index (χ4v) is 2.08. The maximum atomic E-state index is 13.0. The van der Waals surface area contributed by atoms with Gasteiger partial charge in [0.1, 0.15) is 12.0 Å². The van der Waals surface area contributed by atoms with Gasteiger partial charge < -0.3 is 4.42 Å². The number of rotatable bonds is 3. The van der Waals surface area contributed by atoms with Gasteiger partial charge in [-0.25, -0.2) is 4.98 Å². The molecule has 7 nitrogen and oxygen atoms in total. The van der Waals surface area contributed by atoms with Gasteiger partial charge in [-0.15, -0.1) is 10.2 Å². The molecule has 0 saturated heterocycles. The van der Waals surface area contributed by atoms with Crippen LogP contribution < -0.4 is 0 Å². The zero-order valence-electron chi connectivity index (χ0n) is 9.03. The summed E-state index contributed by atoms with van der Waals surface area (Å²) in [6.45, 7) is 3.36. The average molecular weight is 260 g/mol. The van der Waals surface area contributed by atoms with Crippen molar-refractivity contribution >= 4 is 10.2 Å². The molecule has 0 bridgehead atoms. The van der Waals surface area contributed by atoms with Crippen molar-refractivity contribution in [3.63, 3.8) is 0 Å². The molecule has 0 N–H and O–H groups in total. The molecule has 2 aromatic heterocycles. The van der Waals surface area contributed by atoms with Crippen LogP contribution in [-0.4, -0.2) is 28.2 Å². The van der Waals surface area contributed by atoms with Crippen molar-refractivity contribution in [3.8, 4) is 11.5 Å². The van der Waals surface area contributed by atoms with E-state index in [4.69, 9.17) is 4.42 Å². The van der Waals surface area contributed by atoms with E-state index >= 15 is 0 Å². The number of nitrogens with zero attached hydrogens (tertiary/aromatic N) is 4. The molecule has 0 unspecified atom stereocenters. The van der Waals surface area contributed by atoms with E-state index in [1.54, 1.807) is 13.8 Å². The molecule has 0 radical (unpaired) electrons. The van der Waals surface area contributed by atoms with Gasteiger partial charge in [0.05, 0.1) is 0 Å². The largest absolute Gasteiger partial charge is 0.451 e. The molecule has 0 aliphatic heterocycles. The Balaban J connectivity index is 2.68. The van der Waals surface area contributed by atoms with E-state index in [0.29, 0.717) is 5.69 Å². The van der Waals surface area contributed by atoms with Crippen LogP contribution in [0.15, 0.2) is 22.2 Å². The van der Waals surface area contributed by atoms with Crippen molar-refractivity contribution in [1.82, 2.24) is 19.7 Å². The summed E-state index contributed by atoms with van der Waals surface area (Å²) in [5.41, 5.74) is 0.293. The van der Waals surface area contributed by atoms with Gasteiger partial charge in [0.25, 0.3) is 5.16 Å². The molecule has 9 heteroatoms. The van der Waals surface area contributed by atoms with E-state index in [-0.39, 0.29) is 11.9 Å². The molecule has 0 spiro atoms. The molecule has 0 aliphatic carbocycles. The van der Waals surface area contributed by atoms with E-state index in [1.165, 1.54) is 6.26 Å². The Morgan fingerprint density at radius 1 is 1.41 bits per heavy atom. The number of oxazole rings is 1. The summed E-state index contributed by atoms with van der Waals surface area (Å²) in [5.74, 6) is 0.143. The average Bonchev–Trinajstić information content (AvgIpc) is 2.84. The highest BCUT2D eigenvalue weighted by atomic mass is 32.3. The Hall–Kier alpha value is -1.77. The minimum Gasteiger partial charge on any atom is -0.451 e. The summed E-state index contributed by atoms with van der Waals surface area (Å²) in [6.07, 6.45) is 2.44. The highest BCUT2D eigenvalue weighted by Crippen LogP contribution is 2.24. The lowest BCUT2D eigenvalue weighted by Gasteiger charge is -2.10. The van der Waals surface area contributed by atoms with Crippen LogP contribution in [0.25, 0.3) is 11.5 Å². The topological polar surface area (TPSA) is 90.9 Å². The lowest BCUT2D eigenvalue weighted by molar-refractivity contribution is 0.498. The predicted octanol–water partition coefficient (Wildman–Crippen LogP) is 1.17. The van der Waals surface area contributed by atoms with Crippen LogP contribution in [0.5, 0.6) is 0 Å². The van der Waals surface area contributed by atoms with Gasteiger partial charge in [0.2, 0.25) is 0 Å². The second-order valence-electron chi connectivity index (χ2n) is 3.58. The zero-order chi connectivity index (χ0) is 12.6. The van der Waals surface area contributed by atoms with E-state index in [1.807, 2.05) is 0 Å². The second-order valence-corrected chi connectivity index (χ2v) is 4.82. The van der Waals surface area contributed by atoms with Gasteiger partial charge in [0, 0.05) is 6.04 Å².